The van der Waals surface area contributed by atoms with Crippen LogP contribution in [-0.4, -0.2) is 37.1 Å². The molecular formula is C16H20N2O. The van der Waals surface area contributed by atoms with E-state index in [2.05, 4.69) is 36.1 Å². The number of benzene rings is 1. The van der Waals surface area contributed by atoms with Gasteiger partial charge in [0.2, 0.25) is 5.88 Å². The topological polar surface area (TPSA) is 25.4 Å². The molecule has 0 saturated carbocycles. The molecule has 2 rings (SSSR count). The van der Waals surface area contributed by atoms with Crippen molar-refractivity contribution in [2.24, 2.45) is 0 Å². The average molecular weight is 256 g/mol. The molecule has 1 aromatic carbocycles. The molecule has 0 N–H and O–H groups in total. The van der Waals surface area contributed by atoms with Crippen molar-refractivity contribution in [3.05, 3.63) is 48.7 Å². The van der Waals surface area contributed by atoms with Crippen molar-refractivity contribution in [3.63, 3.8) is 0 Å². The fourth-order valence-electron chi connectivity index (χ4n) is 1.82. The normalized spacial score (nSPS) is 10.7. The number of rotatable bonds is 6. The van der Waals surface area contributed by atoms with Gasteiger partial charge in [0.25, 0.3) is 0 Å². The smallest absolute Gasteiger partial charge is 0.213 e. The summed E-state index contributed by atoms with van der Waals surface area (Å²) in [4.78, 5) is 6.48. The Morgan fingerprint density at radius 3 is 2.42 bits per heavy atom. The number of hydrogen-bond acceptors (Lipinski definition) is 3. The first-order valence-electron chi connectivity index (χ1n) is 6.55. The first-order valence-corrected chi connectivity index (χ1v) is 6.55. The second-order valence-corrected chi connectivity index (χ2v) is 4.76. The Labute approximate surface area is 114 Å². The molecule has 0 spiro atoms. The van der Waals surface area contributed by atoms with E-state index in [0.29, 0.717) is 12.5 Å². The molecule has 0 amide bonds. The van der Waals surface area contributed by atoms with Gasteiger partial charge in [0, 0.05) is 24.4 Å². The van der Waals surface area contributed by atoms with E-state index in [-0.39, 0.29) is 0 Å². The lowest BCUT2D eigenvalue weighted by Crippen LogP contribution is -2.15. The summed E-state index contributed by atoms with van der Waals surface area (Å²) in [5, 5.41) is 0. The van der Waals surface area contributed by atoms with Crippen molar-refractivity contribution in [2.45, 2.75) is 6.42 Å². The molecule has 1 heterocycles. The van der Waals surface area contributed by atoms with Gasteiger partial charge in [-0.15, -0.1) is 0 Å². The van der Waals surface area contributed by atoms with Crippen molar-refractivity contribution in [2.75, 3.05) is 27.2 Å². The summed E-state index contributed by atoms with van der Waals surface area (Å²) in [7, 11) is 4.12. The number of pyridine rings is 1. The van der Waals surface area contributed by atoms with E-state index in [1.807, 2.05) is 36.5 Å². The summed E-state index contributed by atoms with van der Waals surface area (Å²) in [6.07, 6.45) is 2.87. The van der Waals surface area contributed by atoms with Crippen molar-refractivity contribution >= 4 is 0 Å². The van der Waals surface area contributed by atoms with Crippen molar-refractivity contribution in [1.82, 2.24) is 9.88 Å². The van der Waals surface area contributed by atoms with Gasteiger partial charge >= 0.3 is 0 Å². The fourth-order valence-corrected chi connectivity index (χ4v) is 1.82. The Balaban J connectivity index is 1.88. The lowest BCUT2D eigenvalue weighted by Gasteiger charge is -2.10. The predicted molar refractivity (Wildman–Crippen MR) is 78.3 cm³/mol. The van der Waals surface area contributed by atoms with Crippen LogP contribution in [0.4, 0.5) is 0 Å². The Morgan fingerprint density at radius 1 is 1.00 bits per heavy atom. The van der Waals surface area contributed by atoms with Crippen LogP contribution < -0.4 is 4.74 Å². The van der Waals surface area contributed by atoms with Crippen LogP contribution in [0.1, 0.15) is 6.42 Å². The van der Waals surface area contributed by atoms with Crippen LogP contribution in [0.25, 0.3) is 11.1 Å². The van der Waals surface area contributed by atoms with E-state index in [0.717, 1.165) is 18.5 Å². The molecule has 3 heteroatoms. The third-order valence-electron chi connectivity index (χ3n) is 2.84. The standard InChI is InChI=1S/C16H20N2O/c1-18(2)11-6-12-19-16-10-9-15(13-17-16)14-7-4-3-5-8-14/h3-5,7-10,13H,6,11-12H2,1-2H3. The van der Waals surface area contributed by atoms with Gasteiger partial charge < -0.3 is 9.64 Å². The maximum atomic E-state index is 5.61. The van der Waals surface area contributed by atoms with Crippen molar-refractivity contribution < 1.29 is 4.74 Å². The van der Waals surface area contributed by atoms with Gasteiger partial charge in [-0.1, -0.05) is 30.3 Å². The summed E-state index contributed by atoms with van der Waals surface area (Å²) in [5.41, 5.74) is 2.29. The van der Waals surface area contributed by atoms with Gasteiger partial charge in [-0.25, -0.2) is 4.98 Å². The van der Waals surface area contributed by atoms with E-state index in [1.165, 1.54) is 5.56 Å². The molecule has 19 heavy (non-hydrogen) atoms. The van der Waals surface area contributed by atoms with Crippen LogP contribution in [0.5, 0.6) is 5.88 Å². The minimum atomic E-state index is 0.693. The van der Waals surface area contributed by atoms with E-state index in [4.69, 9.17) is 4.74 Å². The molecule has 100 valence electrons. The number of aromatic nitrogens is 1. The molecule has 0 aliphatic rings. The Kier molecular flexibility index (Phi) is 4.93. The zero-order chi connectivity index (χ0) is 13.5. The molecule has 1 aromatic heterocycles. The molecule has 2 aromatic rings. The Morgan fingerprint density at radius 2 is 1.79 bits per heavy atom. The molecule has 0 radical (unpaired) electrons. The largest absolute Gasteiger partial charge is 0.478 e. The average Bonchev–Trinajstić information content (AvgIpc) is 2.45. The van der Waals surface area contributed by atoms with Gasteiger partial charge in [-0.2, -0.15) is 0 Å². The minimum Gasteiger partial charge on any atom is -0.478 e. The van der Waals surface area contributed by atoms with Crippen LogP contribution >= 0.6 is 0 Å². The predicted octanol–water partition coefficient (Wildman–Crippen LogP) is 3.08. The highest BCUT2D eigenvalue weighted by Gasteiger charge is 1.99. The van der Waals surface area contributed by atoms with E-state index >= 15 is 0 Å². The van der Waals surface area contributed by atoms with Gasteiger partial charge in [-0.3, -0.25) is 0 Å². The molecule has 0 bridgehead atoms. The van der Waals surface area contributed by atoms with Crippen LogP contribution in [0, 0.1) is 0 Å². The SMILES string of the molecule is CN(C)CCCOc1ccc(-c2ccccc2)cn1. The molecule has 0 aliphatic heterocycles. The quantitative estimate of drug-likeness (QED) is 0.743. The zero-order valence-electron chi connectivity index (χ0n) is 11.5. The highest BCUT2D eigenvalue weighted by Crippen LogP contribution is 2.19. The van der Waals surface area contributed by atoms with Gasteiger partial charge in [-0.05, 0) is 32.1 Å². The maximum absolute atomic E-state index is 5.61. The second kappa shape index (κ2) is 6.90. The molecule has 0 aliphatic carbocycles. The second-order valence-electron chi connectivity index (χ2n) is 4.76. The first kappa shape index (κ1) is 13.6. The van der Waals surface area contributed by atoms with Crippen molar-refractivity contribution in [1.29, 1.82) is 0 Å². The fraction of sp³-hybridized carbons (Fsp3) is 0.312. The van der Waals surface area contributed by atoms with Crippen molar-refractivity contribution in [3.8, 4) is 17.0 Å². The minimum absolute atomic E-state index is 0.693. The Hall–Kier alpha value is -1.87. The lowest BCUT2D eigenvalue weighted by molar-refractivity contribution is 0.273. The number of hydrogen-bond donors (Lipinski definition) is 0. The van der Waals surface area contributed by atoms with Crippen LogP contribution in [0.2, 0.25) is 0 Å². The monoisotopic (exact) mass is 256 g/mol. The third-order valence-corrected chi connectivity index (χ3v) is 2.84. The molecule has 0 unspecified atom stereocenters. The summed E-state index contributed by atoms with van der Waals surface area (Å²) in [6, 6.07) is 14.2. The Bertz CT molecular complexity index is 480. The van der Waals surface area contributed by atoms with Gasteiger partial charge in [0.15, 0.2) is 0 Å². The molecule has 3 nitrogen and oxygen atoms in total. The summed E-state index contributed by atoms with van der Waals surface area (Å²) in [6.45, 7) is 1.73. The highest BCUT2D eigenvalue weighted by atomic mass is 16.5. The van der Waals surface area contributed by atoms with Gasteiger partial charge in [0.05, 0.1) is 6.61 Å². The summed E-state index contributed by atoms with van der Waals surface area (Å²) < 4.78 is 5.61. The lowest BCUT2D eigenvalue weighted by atomic mass is 10.1. The zero-order valence-corrected chi connectivity index (χ0v) is 11.5. The van der Waals surface area contributed by atoms with Crippen LogP contribution in [-0.2, 0) is 0 Å². The maximum Gasteiger partial charge on any atom is 0.213 e. The van der Waals surface area contributed by atoms with Gasteiger partial charge in [0.1, 0.15) is 0 Å². The molecular weight excluding hydrogens is 236 g/mol. The van der Waals surface area contributed by atoms with E-state index in [1.54, 1.807) is 0 Å². The van der Waals surface area contributed by atoms with Crippen LogP contribution in [0.15, 0.2) is 48.7 Å². The van der Waals surface area contributed by atoms with Crippen LogP contribution in [0.3, 0.4) is 0 Å². The number of ether oxygens (including phenoxy) is 1. The number of nitrogens with zero attached hydrogens (tertiary/aromatic N) is 2. The first-order chi connectivity index (χ1) is 9.25. The third kappa shape index (κ3) is 4.38. The van der Waals surface area contributed by atoms with E-state index < -0.39 is 0 Å². The molecule has 0 saturated heterocycles. The summed E-state index contributed by atoms with van der Waals surface area (Å²) >= 11 is 0. The summed E-state index contributed by atoms with van der Waals surface area (Å²) in [5.74, 6) is 0.693. The van der Waals surface area contributed by atoms with E-state index in [9.17, 15) is 0 Å². The molecule has 0 fully saturated rings. The highest BCUT2D eigenvalue weighted by molar-refractivity contribution is 5.62. The molecule has 0 atom stereocenters.